The van der Waals surface area contributed by atoms with Gasteiger partial charge in [-0.2, -0.15) is 0 Å². The van der Waals surface area contributed by atoms with Crippen molar-refractivity contribution in [2.24, 2.45) is 0 Å². The van der Waals surface area contributed by atoms with E-state index in [0.29, 0.717) is 39.9 Å². The summed E-state index contributed by atoms with van der Waals surface area (Å²) < 4.78 is 17.7. The van der Waals surface area contributed by atoms with Gasteiger partial charge < -0.3 is 19.2 Å². The summed E-state index contributed by atoms with van der Waals surface area (Å²) in [6.45, 7) is 2.58. The van der Waals surface area contributed by atoms with Gasteiger partial charge in [0, 0.05) is 6.54 Å². The minimum atomic E-state index is -0.477. The summed E-state index contributed by atoms with van der Waals surface area (Å²) in [6.07, 6.45) is 1.56. The quantitative estimate of drug-likeness (QED) is 0.331. The van der Waals surface area contributed by atoms with Crippen molar-refractivity contribution < 1.29 is 18.7 Å². The molecule has 0 fully saturated rings. The van der Waals surface area contributed by atoms with Gasteiger partial charge in [0.2, 0.25) is 12.7 Å². The molecule has 168 valence electrons. The molecule has 4 aromatic rings. The van der Waals surface area contributed by atoms with Crippen LogP contribution in [-0.4, -0.2) is 27.5 Å². The van der Waals surface area contributed by atoms with Gasteiger partial charge >= 0.3 is 0 Å². The van der Waals surface area contributed by atoms with E-state index in [9.17, 15) is 9.59 Å². The Morgan fingerprint density at radius 1 is 1.15 bits per heavy atom. The zero-order chi connectivity index (χ0) is 22.8. The Bertz CT molecular complexity index is 1370. The lowest BCUT2D eigenvalue weighted by atomic mass is 10.2. The Labute approximate surface area is 193 Å². The fourth-order valence-electron chi connectivity index (χ4n) is 3.53. The maximum absolute atomic E-state index is 13.2. The van der Waals surface area contributed by atoms with E-state index in [-0.39, 0.29) is 24.8 Å². The van der Waals surface area contributed by atoms with Gasteiger partial charge in [-0.3, -0.25) is 14.2 Å². The monoisotopic (exact) mass is 463 g/mol. The summed E-state index contributed by atoms with van der Waals surface area (Å²) >= 11 is 1.24. The normalized spacial score (nSPS) is 13.2. The standard InChI is InChI=1S/C24H21N3O5S/c1-15(22(28)25-12-16-8-9-20-21(11-16)32-14-31-20)33-24-26-19-7-3-2-6-18(19)23(29)27(24)13-17-5-4-10-30-17/h2-11,15H,12-14H2,1H3,(H,25,28). The highest BCUT2D eigenvalue weighted by molar-refractivity contribution is 8.00. The number of hydrogen-bond acceptors (Lipinski definition) is 7. The lowest BCUT2D eigenvalue weighted by Gasteiger charge is -2.16. The first-order chi connectivity index (χ1) is 16.1. The third kappa shape index (κ3) is 4.45. The molecule has 3 heterocycles. The molecule has 1 unspecified atom stereocenters. The number of thioether (sulfide) groups is 1. The largest absolute Gasteiger partial charge is 0.467 e. The number of nitrogens with zero attached hydrogens (tertiary/aromatic N) is 2. The Balaban J connectivity index is 1.35. The maximum atomic E-state index is 13.2. The van der Waals surface area contributed by atoms with Gasteiger partial charge in [0.15, 0.2) is 16.7 Å². The predicted molar refractivity (Wildman–Crippen MR) is 124 cm³/mol. The van der Waals surface area contributed by atoms with Crippen LogP contribution in [0.25, 0.3) is 10.9 Å². The lowest BCUT2D eigenvalue weighted by molar-refractivity contribution is -0.120. The minimum absolute atomic E-state index is 0.162. The number of furan rings is 1. The summed E-state index contributed by atoms with van der Waals surface area (Å²) in [5.41, 5.74) is 1.32. The summed E-state index contributed by atoms with van der Waals surface area (Å²) in [4.78, 5) is 30.7. The van der Waals surface area contributed by atoms with Crippen molar-refractivity contribution in [2.45, 2.75) is 30.4 Å². The lowest BCUT2D eigenvalue weighted by Crippen LogP contribution is -2.31. The summed E-state index contributed by atoms with van der Waals surface area (Å²) in [5, 5.41) is 3.44. The number of aromatic nitrogens is 2. The predicted octanol–water partition coefficient (Wildman–Crippen LogP) is 3.56. The van der Waals surface area contributed by atoms with Crippen molar-refractivity contribution in [3.63, 3.8) is 0 Å². The molecular formula is C24H21N3O5S. The van der Waals surface area contributed by atoms with E-state index in [1.165, 1.54) is 11.8 Å². The Morgan fingerprint density at radius 2 is 2.00 bits per heavy atom. The van der Waals surface area contributed by atoms with Gasteiger partial charge in [0.25, 0.3) is 5.56 Å². The zero-order valence-corrected chi connectivity index (χ0v) is 18.6. The van der Waals surface area contributed by atoms with Gasteiger partial charge in [-0.05, 0) is 48.9 Å². The second kappa shape index (κ2) is 9.03. The van der Waals surface area contributed by atoms with Crippen LogP contribution < -0.4 is 20.3 Å². The number of nitrogens with one attached hydrogen (secondary N) is 1. The molecule has 1 amide bonds. The topological polar surface area (TPSA) is 95.6 Å². The number of carbonyl (C=O) groups excluding carboxylic acids is 1. The number of amides is 1. The first kappa shape index (κ1) is 21.1. The van der Waals surface area contributed by atoms with Crippen LogP contribution in [0.15, 0.2) is 75.2 Å². The summed E-state index contributed by atoms with van der Waals surface area (Å²) in [6, 6.07) is 16.3. The second-order valence-corrected chi connectivity index (χ2v) is 8.86. The van der Waals surface area contributed by atoms with E-state index in [0.717, 1.165) is 5.56 Å². The first-order valence-electron chi connectivity index (χ1n) is 10.4. The Morgan fingerprint density at radius 3 is 2.85 bits per heavy atom. The molecule has 1 N–H and O–H groups in total. The van der Waals surface area contributed by atoms with Crippen molar-refractivity contribution in [3.05, 3.63) is 82.5 Å². The zero-order valence-electron chi connectivity index (χ0n) is 17.8. The van der Waals surface area contributed by atoms with E-state index in [2.05, 4.69) is 10.3 Å². The van der Waals surface area contributed by atoms with Gasteiger partial charge in [0.05, 0.1) is 29.0 Å². The van der Waals surface area contributed by atoms with E-state index >= 15 is 0 Å². The number of ether oxygens (including phenoxy) is 2. The number of rotatable bonds is 7. The van der Waals surface area contributed by atoms with Crippen molar-refractivity contribution in [1.82, 2.24) is 14.9 Å². The van der Waals surface area contributed by atoms with Crippen molar-refractivity contribution >= 4 is 28.6 Å². The molecule has 8 nitrogen and oxygen atoms in total. The van der Waals surface area contributed by atoms with Crippen molar-refractivity contribution in [3.8, 4) is 11.5 Å². The van der Waals surface area contributed by atoms with Crippen LogP contribution in [0.5, 0.6) is 11.5 Å². The SMILES string of the molecule is CC(Sc1nc2ccccc2c(=O)n1Cc1ccco1)C(=O)NCc1ccc2c(c1)OCO2. The molecular weight excluding hydrogens is 442 g/mol. The van der Waals surface area contributed by atoms with E-state index < -0.39 is 5.25 Å². The smallest absolute Gasteiger partial charge is 0.262 e. The van der Waals surface area contributed by atoms with Gasteiger partial charge in [-0.25, -0.2) is 4.98 Å². The highest BCUT2D eigenvalue weighted by Crippen LogP contribution is 2.32. The number of carbonyl (C=O) groups is 1. The van der Waals surface area contributed by atoms with Crippen LogP contribution in [0, 0.1) is 0 Å². The van der Waals surface area contributed by atoms with Crippen LogP contribution in [0.4, 0.5) is 0 Å². The molecule has 0 aliphatic carbocycles. The number of hydrogen-bond donors (Lipinski definition) is 1. The average molecular weight is 464 g/mol. The fraction of sp³-hybridized carbons (Fsp3) is 0.208. The summed E-state index contributed by atoms with van der Waals surface area (Å²) in [7, 11) is 0. The molecule has 2 aromatic heterocycles. The van der Waals surface area contributed by atoms with Crippen molar-refractivity contribution in [2.75, 3.05) is 6.79 Å². The first-order valence-corrected chi connectivity index (χ1v) is 11.3. The molecule has 1 atom stereocenters. The van der Waals surface area contributed by atoms with E-state index in [1.54, 1.807) is 42.0 Å². The molecule has 1 aliphatic heterocycles. The molecule has 0 spiro atoms. The van der Waals surface area contributed by atoms with Gasteiger partial charge in [0.1, 0.15) is 5.76 Å². The van der Waals surface area contributed by atoms with Crippen LogP contribution in [-0.2, 0) is 17.9 Å². The molecule has 0 radical (unpaired) electrons. The molecule has 1 aliphatic rings. The highest BCUT2D eigenvalue weighted by Gasteiger charge is 2.20. The number of benzene rings is 2. The molecule has 5 rings (SSSR count). The maximum Gasteiger partial charge on any atom is 0.262 e. The third-order valence-corrected chi connectivity index (χ3v) is 6.37. The molecule has 0 saturated carbocycles. The van der Waals surface area contributed by atoms with Crippen LogP contribution in [0.2, 0.25) is 0 Å². The Kier molecular flexibility index (Phi) is 5.78. The minimum Gasteiger partial charge on any atom is -0.467 e. The Hall–Kier alpha value is -3.72. The molecule has 2 aromatic carbocycles. The van der Waals surface area contributed by atoms with Gasteiger partial charge in [-0.15, -0.1) is 0 Å². The molecule has 33 heavy (non-hydrogen) atoms. The van der Waals surface area contributed by atoms with E-state index in [1.807, 2.05) is 30.3 Å². The van der Waals surface area contributed by atoms with Gasteiger partial charge in [-0.1, -0.05) is 30.0 Å². The van der Waals surface area contributed by atoms with Crippen molar-refractivity contribution in [1.29, 1.82) is 0 Å². The third-order valence-electron chi connectivity index (χ3n) is 5.28. The van der Waals surface area contributed by atoms with Crippen LogP contribution in [0.1, 0.15) is 18.2 Å². The number of para-hydroxylation sites is 1. The van der Waals surface area contributed by atoms with E-state index in [4.69, 9.17) is 13.9 Å². The second-order valence-electron chi connectivity index (χ2n) is 7.55. The molecule has 0 saturated heterocycles. The summed E-state index contributed by atoms with van der Waals surface area (Å²) in [5.74, 6) is 1.85. The van der Waals surface area contributed by atoms with Crippen LogP contribution >= 0.6 is 11.8 Å². The fourth-order valence-corrected chi connectivity index (χ4v) is 4.46. The van der Waals surface area contributed by atoms with Crippen LogP contribution in [0.3, 0.4) is 0 Å². The molecule has 0 bridgehead atoms. The molecule has 9 heteroatoms. The number of fused-ring (bicyclic) bond motifs is 2. The highest BCUT2D eigenvalue weighted by atomic mass is 32.2. The average Bonchev–Trinajstić information content (AvgIpc) is 3.51.